The van der Waals surface area contributed by atoms with Gasteiger partial charge in [0.25, 0.3) is 0 Å². The van der Waals surface area contributed by atoms with Crippen molar-refractivity contribution in [2.24, 2.45) is 4.99 Å². The Labute approximate surface area is 124 Å². The molecule has 7 heteroatoms. The molecule has 108 valence electrons. The van der Waals surface area contributed by atoms with Crippen molar-refractivity contribution in [1.29, 1.82) is 0 Å². The molecule has 0 saturated carbocycles. The van der Waals surface area contributed by atoms with Crippen molar-refractivity contribution in [2.45, 2.75) is 26.7 Å². The van der Waals surface area contributed by atoms with E-state index in [1.165, 1.54) is 36.7 Å². The Hall–Kier alpha value is -0.230. The minimum atomic E-state index is 0.259. The standard InChI is InChI=1S/2C4H8OS.C2H3NO.CH4S/c2*1-3-4(5)6-2;1-3-2-4;1-2/h2*3H2,1-2H3;1H3;2H,1H3. The third-order valence-electron chi connectivity index (χ3n) is 1.12. The number of thiol groups is 1. The first kappa shape index (κ1) is 26.4. The van der Waals surface area contributed by atoms with Crippen LogP contribution in [0.15, 0.2) is 4.99 Å². The maximum Gasteiger partial charge on any atom is 0.234 e. The van der Waals surface area contributed by atoms with Crippen LogP contribution in [-0.4, -0.2) is 42.1 Å². The molecule has 0 aromatic heterocycles. The molecule has 0 spiro atoms. The van der Waals surface area contributed by atoms with E-state index in [0.717, 1.165) is 0 Å². The molecule has 0 amide bonds. The second kappa shape index (κ2) is 30.1. The van der Waals surface area contributed by atoms with Crippen molar-refractivity contribution in [2.75, 3.05) is 25.8 Å². The van der Waals surface area contributed by atoms with Crippen molar-refractivity contribution in [3.05, 3.63) is 0 Å². The normalized spacial score (nSPS) is 6.83. The summed E-state index contributed by atoms with van der Waals surface area (Å²) in [6, 6.07) is 0. The predicted octanol–water partition coefficient (Wildman–Crippen LogP) is 3.07. The zero-order chi connectivity index (χ0) is 15.4. The number of hydrogen-bond donors (Lipinski definition) is 1. The summed E-state index contributed by atoms with van der Waals surface area (Å²) in [5.74, 6) is 0. The van der Waals surface area contributed by atoms with Crippen molar-refractivity contribution >= 4 is 52.5 Å². The van der Waals surface area contributed by atoms with Crippen molar-refractivity contribution in [3.8, 4) is 0 Å². The van der Waals surface area contributed by atoms with Crippen LogP contribution in [0, 0.1) is 0 Å². The molecule has 0 aliphatic carbocycles. The molecule has 0 radical (unpaired) electrons. The molecule has 0 aliphatic heterocycles. The molecule has 0 unspecified atom stereocenters. The van der Waals surface area contributed by atoms with Crippen LogP contribution < -0.4 is 0 Å². The van der Waals surface area contributed by atoms with Crippen LogP contribution >= 0.6 is 36.2 Å². The molecule has 0 fully saturated rings. The Kier molecular flexibility index (Phi) is 44.1. The van der Waals surface area contributed by atoms with Gasteiger partial charge in [0.2, 0.25) is 6.08 Å². The lowest BCUT2D eigenvalue weighted by molar-refractivity contribution is -0.111. The van der Waals surface area contributed by atoms with Crippen LogP contribution in [0.5, 0.6) is 0 Å². The topological polar surface area (TPSA) is 63.6 Å². The van der Waals surface area contributed by atoms with E-state index in [9.17, 15) is 9.59 Å². The molecule has 0 saturated heterocycles. The Balaban J connectivity index is -0.0000000777. The molecule has 0 aliphatic rings. The van der Waals surface area contributed by atoms with Crippen LogP contribution in [0.4, 0.5) is 0 Å². The predicted molar refractivity (Wildman–Crippen MR) is 86.6 cm³/mol. The second-order valence-corrected chi connectivity index (χ2v) is 3.90. The van der Waals surface area contributed by atoms with Gasteiger partial charge in [-0.05, 0) is 18.8 Å². The number of rotatable bonds is 2. The highest BCUT2D eigenvalue weighted by atomic mass is 32.2. The number of isocyanates is 1. The van der Waals surface area contributed by atoms with Crippen molar-refractivity contribution < 1.29 is 14.4 Å². The molecule has 0 aromatic rings. The van der Waals surface area contributed by atoms with E-state index in [0.29, 0.717) is 12.8 Å². The molecule has 0 heterocycles. The molecule has 0 N–H and O–H groups in total. The smallest absolute Gasteiger partial charge is 0.234 e. The highest BCUT2D eigenvalue weighted by Gasteiger charge is 1.88. The number of hydrogen-bond acceptors (Lipinski definition) is 7. The molecule has 0 bridgehead atoms. The van der Waals surface area contributed by atoms with Gasteiger partial charge in [0.1, 0.15) is 0 Å². The minimum Gasteiger partial charge on any atom is -0.287 e. The third-order valence-corrected chi connectivity index (χ3v) is 2.61. The fraction of sp³-hybridized carbons (Fsp3) is 0.727. The number of aliphatic imine (C=N–C) groups is 1. The Morgan fingerprint density at radius 1 is 1.06 bits per heavy atom. The molecule has 0 atom stereocenters. The number of nitrogens with zero attached hydrogens (tertiary/aromatic N) is 1. The zero-order valence-corrected chi connectivity index (χ0v) is 14.4. The van der Waals surface area contributed by atoms with Crippen LogP contribution in [0.3, 0.4) is 0 Å². The Morgan fingerprint density at radius 2 is 1.28 bits per heavy atom. The maximum absolute atomic E-state index is 10.1. The first-order valence-corrected chi connectivity index (χ1v) is 8.42. The van der Waals surface area contributed by atoms with Crippen molar-refractivity contribution in [3.63, 3.8) is 0 Å². The van der Waals surface area contributed by atoms with E-state index in [4.69, 9.17) is 4.79 Å². The van der Waals surface area contributed by atoms with E-state index in [-0.39, 0.29) is 10.2 Å². The molecular formula is C11H23NO3S3. The SMILES string of the molecule is CCC(=O)SC.CCC(=O)SC.CN=C=O.CS. The maximum atomic E-state index is 10.1. The summed E-state index contributed by atoms with van der Waals surface area (Å²) in [4.78, 5) is 32.1. The number of thioether (sulfide) groups is 2. The highest BCUT2D eigenvalue weighted by Crippen LogP contribution is 1.96. The summed E-state index contributed by atoms with van der Waals surface area (Å²) in [7, 11) is 1.38. The van der Waals surface area contributed by atoms with E-state index in [1.54, 1.807) is 18.8 Å². The van der Waals surface area contributed by atoms with Gasteiger partial charge in [-0.1, -0.05) is 37.4 Å². The van der Waals surface area contributed by atoms with Crippen LogP contribution in [0.1, 0.15) is 26.7 Å². The lowest BCUT2D eigenvalue weighted by Gasteiger charge is -1.81. The van der Waals surface area contributed by atoms with Gasteiger partial charge in [-0.2, -0.15) is 12.6 Å². The third kappa shape index (κ3) is 44.7. The second-order valence-electron chi connectivity index (χ2n) is 2.17. The van der Waals surface area contributed by atoms with Gasteiger partial charge in [0, 0.05) is 19.9 Å². The van der Waals surface area contributed by atoms with Gasteiger partial charge in [0.05, 0.1) is 0 Å². The molecular weight excluding hydrogens is 290 g/mol. The largest absolute Gasteiger partial charge is 0.287 e. The van der Waals surface area contributed by atoms with Crippen LogP contribution in [0.25, 0.3) is 0 Å². The average Bonchev–Trinajstić information content (AvgIpc) is 2.48. The molecule has 18 heavy (non-hydrogen) atoms. The lowest BCUT2D eigenvalue weighted by atomic mass is 10.6. The summed E-state index contributed by atoms with van der Waals surface area (Å²) >= 11 is 6.10. The van der Waals surface area contributed by atoms with Crippen LogP contribution in [0.2, 0.25) is 0 Å². The summed E-state index contributed by atoms with van der Waals surface area (Å²) in [6.45, 7) is 3.72. The van der Waals surface area contributed by atoms with Gasteiger partial charge in [-0.15, -0.1) is 0 Å². The summed E-state index contributed by atoms with van der Waals surface area (Å²) in [6.07, 6.45) is 7.90. The Bertz CT molecular complexity index is 202. The van der Waals surface area contributed by atoms with Crippen LogP contribution in [-0.2, 0) is 14.4 Å². The van der Waals surface area contributed by atoms with E-state index >= 15 is 0 Å². The van der Waals surface area contributed by atoms with Gasteiger partial charge in [-0.25, -0.2) is 9.79 Å². The van der Waals surface area contributed by atoms with Gasteiger partial charge in [0.15, 0.2) is 10.2 Å². The van der Waals surface area contributed by atoms with Gasteiger partial charge in [-0.3, -0.25) is 9.59 Å². The van der Waals surface area contributed by atoms with Gasteiger partial charge >= 0.3 is 0 Å². The van der Waals surface area contributed by atoms with Gasteiger partial charge < -0.3 is 0 Å². The first-order chi connectivity index (χ1) is 8.53. The monoisotopic (exact) mass is 313 g/mol. The molecule has 0 rings (SSSR count). The van der Waals surface area contributed by atoms with E-state index < -0.39 is 0 Å². The fourth-order valence-corrected chi connectivity index (χ4v) is 0.866. The van der Waals surface area contributed by atoms with E-state index in [2.05, 4.69) is 17.6 Å². The summed E-state index contributed by atoms with van der Waals surface area (Å²) < 4.78 is 0. The highest BCUT2D eigenvalue weighted by molar-refractivity contribution is 8.13. The molecule has 0 aromatic carbocycles. The average molecular weight is 314 g/mol. The van der Waals surface area contributed by atoms with Crippen molar-refractivity contribution in [1.82, 2.24) is 0 Å². The number of carbonyl (C=O) groups is 2. The van der Waals surface area contributed by atoms with E-state index in [1.807, 2.05) is 13.8 Å². The zero-order valence-electron chi connectivity index (χ0n) is 11.8. The lowest BCUT2D eigenvalue weighted by Crippen LogP contribution is -1.81. The Morgan fingerprint density at radius 3 is 1.28 bits per heavy atom. The minimum absolute atomic E-state index is 0.259. The quantitative estimate of drug-likeness (QED) is 0.482. The fourth-order valence-electron chi connectivity index (χ4n) is 0.289. The summed E-state index contributed by atoms with van der Waals surface area (Å²) in [5.41, 5.74) is 0. The number of carbonyl (C=O) groups excluding carboxylic acids is 3. The molecule has 4 nitrogen and oxygen atoms in total. The summed E-state index contributed by atoms with van der Waals surface area (Å²) in [5, 5.41) is 0.519. The first-order valence-electron chi connectivity index (χ1n) is 5.08.